The standard InChI is InChI=1S/C23H24N2O3/c26-14-20-22-17-8-4-5-9-18(17)24(21(27)12-15-6-2-1-3-7-15)13-19(22)25(20)23(28)16-10-11-16/h1-9,16,19-20,22,26H,10-14H2/t19-,20-,22+/m0/s1. The number of likely N-dealkylation sites (tertiary alicyclic amines) is 1. The summed E-state index contributed by atoms with van der Waals surface area (Å²) in [5, 5.41) is 9.97. The zero-order valence-corrected chi connectivity index (χ0v) is 15.7. The summed E-state index contributed by atoms with van der Waals surface area (Å²) >= 11 is 0. The minimum absolute atomic E-state index is 0.0358. The topological polar surface area (TPSA) is 60.9 Å². The van der Waals surface area contributed by atoms with Crippen molar-refractivity contribution in [2.75, 3.05) is 18.1 Å². The van der Waals surface area contributed by atoms with Gasteiger partial charge >= 0.3 is 0 Å². The fraction of sp³-hybridized carbons (Fsp3) is 0.391. The molecule has 1 saturated carbocycles. The molecule has 2 aromatic rings. The average molecular weight is 376 g/mol. The van der Waals surface area contributed by atoms with Crippen LogP contribution in [-0.4, -0.2) is 47.1 Å². The van der Waals surface area contributed by atoms with Gasteiger partial charge in [-0.25, -0.2) is 0 Å². The van der Waals surface area contributed by atoms with Gasteiger partial charge in [0.1, 0.15) is 0 Å². The number of amides is 2. The van der Waals surface area contributed by atoms with Crippen LogP contribution in [0.25, 0.3) is 0 Å². The Hall–Kier alpha value is -2.66. The number of rotatable bonds is 4. The number of fused-ring (bicyclic) bond motifs is 3. The van der Waals surface area contributed by atoms with E-state index in [0.717, 1.165) is 29.7 Å². The van der Waals surface area contributed by atoms with Crippen molar-refractivity contribution < 1.29 is 14.7 Å². The number of para-hydroxylation sites is 1. The third-order valence-corrected chi connectivity index (χ3v) is 6.37. The summed E-state index contributed by atoms with van der Waals surface area (Å²) in [6.45, 7) is 0.466. The summed E-state index contributed by atoms with van der Waals surface area (Å²) in [5.41, 5.74) is 2.97. The largest absolute Gasteiger partial charge is 0.394 e. The van der Waals surface area contributed by atoms with Gasteiger partial charge in [0.25, 0.3) is 0 Å². The van der Waals surface area contributed by atoms with Crippen molar-refractivity contribution in [3.8, 4) is 0 Å². The van der Waals surface area contributed by atoms with Crippen LogP contribution in [0.1, 0.15) is 29.9 Å². The zero-order valence-electron chi connectivity index (χ0n) is 15.7. The molecule has 0 aromatic heterocycles. The second kappa shape index (κ2) is 6.74. The number of benzene rings is 2. The number of aliphatic hydroxyl groups excluding tert-OH is 1. The Kier molecular flexibility index (Phi) is 4.20. The third kappa shape index (κ3) is 2.73. The molecule has 1 aliphatic carbocycles. The molecule has 5 heteroatoms. The molecular formula is C23H24N2O3. The van der Waals surface area contributed by atoms with Gasteiger partial charge in [-0.3, -0.25) is 9.59 Å². The molecule has 2 heterocycles. The van der Waals surface area contributed by atoms with Crippen LogP contribution in [-0.2, 0) is 16.0 Å². The molecule has 1 saturated heterocycles. The van der Waals surface area contributed by atoms with Crippen LogP contribution >= 0.6 is 0 Å². The Morgan fingerprint density at radius 3 is 2.43 bits per heavy atom. The first kappa shape index (κ1) is 17.4. The molecule has 2 aromatic carbocycles. The second-order valence-electron chi connectivity index (χ2n) is 8.09. The van der Waals surface area contributed by atoms with Crippen LogP contribution in [0.2, 0.25) is 0 Å². The molecule has 0 spiro atoms. The molecule has 3 aliphatic rings. The minimum atomic E-state index is -0.175. The Bertz CT molecular complexity index is 909. The summed E-state index contributed by atoms with van der Waals surface area (Å²) in [4.78, 5) is 29.7. The molecule has 0 bridgehead atoms. The van der Waals surface area contributed by atoms with Gasteiger partial charge in [0, 0.05) is 24.1 Å². The van der Waals surface area contributed by atoms with Gasteiger partial charge in [-0.2, -0.15) is 0 Å². The van der Waals surface area contributed by atoms with Gasteiger partial charge in [0.15, 0.2) is 0 Å². The van der Waals surface area contributed by atoms with Gasteiger partial charge in [-0.15, -0.1) is 0 Å². The molecule has 2 amide bonds. The quantitative estimate of drug-likeness (QED) is 0.891. The van der Waals surface area contributed by atoms with E-state index in [-0.39, 0.29) is 42.3 Å². The average Bonchev–Trinajstić information content (AvgIpc) is 3.54. The Labute approximate surface area is 164 Å². The predicted octanol–water partition coefficient (Wildman–Crippen LogP) is 2.34. The maximum absolute atomic E-state index is 13.2. The Balaban J connectivity index is 1.46. The normalized spacial score (nSPS) is 25.5. The number of nitrogens with zero attached hydrogens (tertiary/aromatic N) is 2. The number of anilines is 1. The van der Waals surface area contributed by atoms with Crippen LogP contribution in [0.15, 0.2) is 54.6 Å². The number of hydrogen-bond acceptors (Lipinski definition) is 3. The van der Waals surface area contributed by atoms with E-state index in [2.05, 4.69) is 0 Å². The summed E-state index contributed by atoms with van der Waals surface area (Å²) in [5.74, 6) is 0.406. The molecule has 28 heavy (non-hydrogen) atoms. The molecule has 5 rings (SSSR count). The van der Waals surface area contributed by atoms with Crippen LogP contribution < -0.4 is 4.90 Å². The number of hydrogen-bond donors (Lipinski definition) is 1. The Morgan fingerprint density at radius 2 is 1.71 bits per heavy atom. The van der Waals surface area contributed by atoms with E-state index in [1.165, 1.54) is 0 Å². The van der Waals surface area contributed by atoms with Crippen LogP contribution in [0.3, 0.4) is 0 Å². The first-order valence-electron chi connectivity index (χ1n) is 10.1. The van der Waals surface area contributed by atoms with Crippen LogP contribution in [0.5, 0.6) is 0 Å². The van der Waals surface area contributed by atoms with E-state index >= 15 is 0 Å². The van der Waals surface area contributed by atoms with E-state index in [1.54, 1.807) is 0 Å². The van der Waals surface area contributed by atoms with Crippen molar-refractivity contribution in [3.05, 3.63) is 65.7 Å². The molecule has 5 nitrogen and oxygen atoms in total. The van der Waals surface area contributed by atoms with E-state index < -0.39 is 0 Å². The molecule has 1 N–H and O–H groups in total. The molecule has 144 valence electrons. The van der Waals surface area contributed by atoms with Gasteiger partial charge in [0.2, 0.25) is 11.8 Å². The lowest BCUT2D eigenvalue weighted by Gasteiger charge is -2.59. The fourth-order valence-electron chi connectivity index (χ4n) is 4.84. The van der Waals surface area contributed by atoms with E-state index in [1.807, 2.05) is 64.4 Å². The molecule has 2 aliphatic heterocycles. The minimum Gasteiger partial charge on any atom is -0.394 e. The highest BCUT2D eigenvalue weighted by molar-refractivity contribution is 5.97. The van der Waals surface area contributed by atoms with Crippen molar-refractivity contribution in [2.45, 2.75) is 37.3 Å². The number of carbonyl (C=O) groups excluding carboxylic acids is 2. The van der Waals surface area contributed by atoms with Gasteiger partial charge in [-0.05, 0) is 30.0 Å². The maximum atomic E-state index is 13.2. The first-order chi connectivity index (χ1) is 13.7. The lowest BCUT2D eigenvalue weighted by Crippen LogP contribution is -2.71. The molecule has 2 fully saturated rings. The van der Waals surface area contributed by atoms with E-state index in [4.69, 9.17) is 0 Å². The van der Waals surface area contributed by atoms with Crippen LogP contribution in [0.4, 0.5) is 5.69 Å². The highest BCUT2D eigenvalue weighted by atomic mass is 16.3. The predicted molar refractivity (Wildman–Crippen MR) is 106 cm³/mol. The van der Waals surface area contributed by atoms with Crippen molar-refractivity contribution in [1.82, 2.24) is 4.90 Å². The van der Waals surface area contributed by atoms with E-state index in [9.17, 15) is 14.7 Å². The van der Waals surface area contributed by atoms with Crippen molar-refractivity contribution in [2.24, 2.45) is 5.92 Å². The van der Waals surface area contributed by atoms with Crippen molar-refractivity contribution >= 4 is 17.5 Å². The van der Waals surface area contributed by atoms with Gasteiger partial charge in [-0.1, -0.05) is 48.5 Å². The smallest absolute Gasteiger partial charge is 0.231 e. The van der Waals surface area contributed by atoms with Crippen LogP contribution in [0, 0.1) is 5.92 Å². The molecule has 0 radical (unpaired) electrons. The highest BCUT2D eigenvalue weighted by Crippen LogP contribution is 2.50. The summed E-state index contributed by atoms with van der Waals surface area (Å²) in [6, 6.07) is 17.5. The number of carbonyl (C=O) groups is 2. The maximum Gasteiger partial charge on any atom is 0.231 e. The lowest BCUT2D eigenvalue weighted by molar-refractivity contribution is -0.152. The fourth-order valence-corrected chi connectivity index (χ4v) is 4.84. The van der Waals surface area contributed by atoms with Crippen molar-refractivity contribution in [1.29, 1.82) is 0 Å². The zero-order chi connectivity index (χ0) is 19.3. The van der Waals surface area contributed by atoms with E-state index in [0.29, 0.717) is 13.0 Å². The Morgan fingerprint density at radius 1 is 1.00 bits per heavy atom. The number of aliphatic hydroxyl groups is 1. The third-order valence-electron chi connectivity index (χ3n) is 6.37. The summed E-state index contributed by atoms with van der Waals surface area (Å²) in [6.07, 6.45) is 2.22. The van der Waals surface area contributed by atoms with Crippen molar-refractivity contribution in [3.63, 3.8) is 0 Å². The summed E-state index contributed by atoms with van der Waals surface area (Å²) in [7, 11) is 0. The van der Waals surface area contributed by atoms with Gasteiger partial charge < -0.3 is 14.9 Å². The first-order valence-corrected chi connectivity index (χ1v) is 10.1. The molecular weight excluding hydrogens is 352 g/mol. The van der Waals surface area contributed by atoms with Gasteiger partial charge in [0.05, 0.1) is 25.1 Å². The second-order valence-corrected chi connectivity index (χ2v) is 8.09. The summed E-state index contributed by atoms with van der Waals surface area (Å²) < 4.78 is 0. The monoisotopic (exact) mass is 376 g/mol. The lowest BCUT2D eigenvalue weighted by atomic mass is 9.71. The SMILES string of the molecule is O=C(Cc1ccccc1)N1C[C@H]2[C@@H](c3ccccc31)[C@H](CO)N2C(=O)C1CC1. The molecule has 3 atom stereocenters. The highest BCUT2D eigenvalue weighted by Gasteiger charge is 2.56. The molecule has 0 unspecified atom stereocenters.